The van der Waals surface area contributed by atoms with Gasteiger partial charge in [-0.2, -0.15) is 5.26 Å². The van der Waals surface area contributed by atoms with E-state index in [9.17, 15) is 5.26 Å². The fourth-order valence-electron chi connectivity index (χ4n) is 2.97. The Hall–Kier alpha value is -2.11. The Labute approximate surface area is 120 Å². The minimum absolute atomic E-state index is 0.131. The van der Waals surface area contributed by atoms with E-state index in [1.807, 2.05) is 12.1 Å². The van der Waals surface area contributed by atoms with Gasteiger partial charge in [-0.3, -0.25) is 4.90 Å². The van der Waals surface area contributed by atoms with E-state index in [1.165, 1.54) is 16.7 Å². The van der Waals surface area contributed by atoms with E-state index in [-0.39, 0.29) is 6.04 Å². The van der Waals surface area contributed by atoms with Crippen LogP contribution < -0.4 is 0 Å². The Bertz CT molecular complexity index is 613. The molecule has 2 heteroatoms. The molecule has 100 valence electrons. The second kappa shape index (κ2) is 5.90. The molecule has 20 heavy (non-hydrogen) atoms. The first kappa shape index (κ1) is 12.9. The molecule has 0 bridgehead atoms. The van der Waals surface area contributed by atoms with Gasteiger partial charge < -0.3 is 0 Å². The smallest absolute Gasteiger partial charge is 0.124 e. The van der Waals surface area contributed by atoms with Gasteiger partial charge in [0, 0.05) is 13.1 Å². The van der Waals surface area contributed by atoms with Crippen molar-refractivity contribution in [3.8, 4) is 6.07 Å². The minimum Gasteiger partial charge on any atom is -0.280 e. The molecule has 0 radical (unpaired) electrons. The standard InChI is InChI=1S/C18H18N2/c19-13-18-17-11-5-4-9-16(17)10-6-12-20(18)14-15-7-2-1-3-8-15/h1-5,7-9,11,18H,6,10,12,14H2. The van der Waals surface area contributed by atoms with E-state index in [2.05, 4.69) is 53.4 Å². The molecule has 0 aromatic heterocycles. The zero-order chi connectivity index (χ0) is 13.8. The Kier molecular flexibility index (Phi) is 3.80. The number of rotatable bonds is 2. The molecule has 0 N–H and O–H groups in total. The lowest BCUT2D eigenvalue weighted by atomic mass is 9.99. The van der Waals surface area contributed by atoms with Crippen LogP contribution in [0.2, 0.25) is 0 Å². The van der Waals surface area contributed by atoms with Gasteiger partial charge in [-0.15, -0.1) is 0 Å². The molecular formula is C18H18N2. The largest absolute Gasteiger partial charge is 0.280 e. The lowest BCUT2D eigenvalue weighted by Gasteiger charge is -2.25. The maximum absolute atomic E-state index is 9.62. The highest BCUT2D eigenvalue weighted by molar-refractivity contribution is 5.34. The van der Waals surface area contributed by atoms with Crippen molar-refractivity contribution in [1.29, 1.82) is 5.26 Å². The fourth-order valence-corrected chi connectivity index (χ4v) is 2.97. The number of nitriles is 1. The third kappa shape index (κ3) is 2.59. The number of benzene rings is 2. The molecule has 0 fully saturated rings. The van der Waals surface area contributed by atoms with E-state index < -0.39 is 0 Å². The SMILES string of the molecule is N#CC1c2ccccc2CCCN1Cc1ccccc1. The second-order valence-corrected chi connectivity index (χ2v) is 5.29. The van der Waals surface area contributed by atoms with Gasteiger partial charge in [0.1, 0.15) is 6.04 Å². The monoisotopic (exact) mass is 262 g/mol. The highest BCUT2D eigenvalue weighted by atomic mass is 15.2. The van der Waals surface area contributed by atoms with Gasteiger partial charge >= 0.3 is 0 Å². The van der Waals surface area contributed by atoms with Crippen LogP contribution in [0.3, 0.4) is 0 Å². The first-order valence-corrected chi connectivity index (χ1v) is 7.14. The molecule has 0 saturated carbocycles. The van der Waals surface area contributed by atoms with E-state index in [0.29, 0.717) is 0 Å². The van der Waals surface area contributed by atoms with Gasteiger partial charge in [-0.1, -0.05) is 54.6 Å². The first-order valence-electron chi connectivity index (χ1n) is 7.14. The summed E-state index contributed by atoms with van der Waals surface area (Å²) in [5.41, 5.74) is 3.78. The van der Waals surface area contributed by atoms with Crippen LogP contribution >= 0.6 is 0 Å². The van der Waals surface area contributed by atoms with Gasteiger partial charge in [-0.05, 0) is 29.5 Å². The molecule has 1 aliphatic heterocycles. The van der Waals surface area contributed by atoms with E-state index >= 15 is 0 Å². The molecule has 1 heterocycles. The highest BCUT2D eigenvalue weighted by Gasteiger charge is 2.25. The summed E-state index contributed by atoms with van der Waals surface area (Å²) in [7, 11) is 0. The molecule has 1 aliphatic rings. The summed E-state index contributed by atoms with van der Waals surface area (Å²) < 4.78 is 0. The third-order valence-electron chi connectivity index (χ3n) is 3.96. The predicted molar refractivity (Wildman–Crippen MR) is 80.0 cm³/mol. The van der Waals surface area contributed by atoms with Crippen LogP contribution in [0, 0.1) is 11.3 Å². The molecule has 1 atom stereocenters. The van der Waals surface area contributed by atoms with Crippen LogP contribution in [0.15, 0.2) is 54.6 Å². The Balaban J connectivity index is 1.90. The summed E-state index contributed by atoms with van der Waals surface area (Å²) in [6.07, 6.45) is 2.18. The van der Waals surface area contributed by atoms with Crippen LogP contribution in [-0.2, 0) is 13.0 Å². The molecule has 0 amide bonds. The van der Waals surface area contributed by atoms with Crippen molar-refractivity contribution in [3.63, 3.8) is 0 Å². The van der Waals surface area contributed by atoms with Crippen LogP contribution in [0.5, 0.6) is 0 Å². The van der Waals surface area contributed by atoms with E-state index in [0.717, 1.165) is 25.9 Å². The lowest BCUT2D eigenvalue weighted by molar-refractivity contribution is 0.231. The molecule has 3 rings (SSSR count). The van der Waals surface area contributed by atoms with Gasteiger partial charge in [0.15, 0.2) is 0 Å². The van der Waals surface area contributed by atoms with Crippen molar-refractivity contribution in [2.45, 2.75) is 25.4 Å². The number of hydrogen-bond acceptors (Lipinski definition) is 2. The van der Waals surface area contributed by atoms with Crippen molar-refractivity contribution in [2.75, 3.05) is 6.54 Å². The summed E-state index contributed by atoms with van der Waals surface area (Å²) in [4.78, 5) is 2.29. The van der Waals surface area contributed by atoms with Crippen molar-refractivity contribution >= 4 is 0 Å². The minimum atomic E-state index is -0.131. The summed E-state index contributed by atoms with van der Waals surface area (Å²) in [6.45, 7) is 1.81. The zero-order valence-electron chi connectivity index (χ0n) is 11.5. The maximum Gasteiger partial charge on any atom is 0.124 e. The average molecular weight is 262 g/mol. The predicted octanol–water partition coefficient (Wildman–Crippen LogP) is 3.70. The number of hydrogen-bond donors (Lipinski definition) is 0. The van der Waals surface area contributed by atoms with Crippen molar-refractivity contribution < 1.29 is 0 Å². The quantitative estimate of drug-likeness (QED) is 0.825. The van der Waals surface area contributed by atoms with Crippen molar-refractivity contribution in [1.82, 2.24) is 4.90 Å². The summed E-state index contributed by atoms with van der Waals surface area (Å²) in [6, 6.07) is 21.1. The van der Waals surface area contributed by atoms with Gasteiger partial charge in [0.2, 0.25) is 0 Å². The zero-order valence-corrected chi connectivity index (χ0v) is 11.5. The summed E-state index contributed by atoms with van der Waals surface area (Å²) in [5, 5.41) is 9.62. The highest BCUT2D eigenvalue weighted by Crippen LogP contribution is 2.29. The molecule has 2 aromatic rings. The van der Waals surface area contributed by atoms with E-state index in [4.69, 9.17) is 0 Å². The fraction of sp³-hybridized carbons (Fsp3) is 0.278. The summed E-state index contributed by atoms with van der Waals surface area (Å²) >= 11 is 0. The van der Waals surface area contributed by atoms with Crippen molar-refractivity contribution in [2.24, 2.45) is 0 Å². The normalized spacial score (nSPS) is 18.9. The molecule has 2 aromatic carbocycles. The van der Waals surface area contributed by atoms with Crippen LogP contribution in [0.4, 0.5) is 0 Å². The maximum atomic E-state index is 9.62. The van der Waals surface area contributed by atoms with Crippen LogP contribution in [0.25, 0.3) is 0 Å². The number of fused-ring (bicyclic) bond motifs is 1. The van der Waals surface area contributed by atoms with Crippen LogP contribution in [0.1, 0.15) is 29.2 Å². The molecule has 2 nitrogen and oxygen atoms in total. The topological polar surface area (TPSA) is 27.0 Å². The number of aryl methyl sites for hydroxylation is 1. The Morgan fingerprint density at radius 1 is 1.05 bits per heavy atom. The van der Waals surface area contributed by atoms with Gasteiger partial charge in [0.05, 0.1) is 6.07 Å². The molecule has 0 aliphatic carbocycles. The first-order chi connectivity index (χ1) is 9.88. The molecular weight excluding hydrogens is 244 g/mol. The van der Waals surface area contributed by atoms with E-state index in [1.54, 1.807) is 0 Å². The van der Waals surface area contributed by atoms with Crippen LogP contribution in [-0.4, -0.2) is 11.4 Å². The van der Waals surface area contributed by atoms with Gasteiger partial charge in [-0.25, -0.2) is 0 Å². The van der Waals surface area contributed by atoms with Crippen molar-refractivity contribution in [3.05, 3.63) is 71.3 Å². The third-order valence-corrected chi connectivity index (χ3v) is 3.96. The number of nitrogens with zero attached hydrogens (tertiary/aromatic N) is 2. The Morgan fingerprint density at radius 3 is 2.60 bits per heavy atom. The average Bonchev–Trinajstić information content (AvgIpc) is 2.67. The van der Waals surface area contributed by atoms with Gasteiger partial charge in [0.25, 0.3) is 0 Å². The molecule has 0 spiro atoms. The lowest BCUT2D eigenvalue weighted by Crippen LogP contribution is -2.27. The summed E-state index contributed by atoms with van der Waals surface area (Å²) in [5.74, 6) is 0. The molecule has 0 saturated heterocycles. The Morgan fingerprint density at radius 2 is 1.80 bits per heavy atom. The molecule has 1 unspecified atom stereocenters. The second-order valence-electron chi connectivity index (χ2n) is 5.29.